The molecular weight excluding hydrogens is 168 g/mol. The molecule has 2 N–H and O–H groups in total. The molecular formula is C9H11N2O2. The lowest BCUT2D eigenvalue weighted by molar-refractivity contribution is 0.140. The van der Waals surface area contributed by atoms with Gasteiger partial charge in [-0.2, -0.15) is 0 Å². The van der Waals surface area contributed by atoms with Crippen molar-refractivity contribution in [2.45, 2.75) is 6.61 Å². The zero-order valence-electron chi connectivity index (χ0n) is 7.12. The molecule has 0 fully saturated rings. The van der Waals surface area contributed by atoms with E-state index >= 15 is 0 Å². The van der Waals surface area contributed by atoms with Gasteiger partial charge in [0.05, 0.1) is 6.67 Å². The standard InChI is InChI=1S/C9H11N2O2/c10-7-11-9(12)13-6-8-4-2-1-3-5-8/h1-5,10H,6-7H2,(H,11,12). The van der Waals surface area contributed by atoms with Gasteiger partial charge in [0.15, 0.2) is 0 Å². The van der Waals surface area contributed by atoms with Gasteiger partial charge in [0.2, 0.25) is 0 Å². The molecule has 4 heteroatoms. The van der Waals surface area contributed by atoms with Gasteiger partial charge < -0.3 is 10.1 Å². The van der Waals surface area contributed by atoms with E-state index in [1.807, 2.05) is 30.3 Å². The first-order valence-electron chi connectivity index (χ1n) is 3.92. The molecule has 1 aromatic carbocycles. The van der Waals surface area contributed by atoms with Crippen LogP contribution in [0.2, 0.25) is 0 Å². The predicted molar refractivity (Wildman–Crippen MR) is 47.7 cm³/mol. The summed E-state index contributed by atoms with van der Waals surface area (Å²) in [6.45, 7) is 0.0836. The fourth-order valence-corrected chi connectivity index (χ4v) is 0.846. The second-order valence-electron chi connectivity index (χ2n) is 2.42. The number of nitrogens with one attached hydrogen (secondary N) is 2. The molecule has 0 aliphatic carbocycles. The minimum absolute atomic E-state index is 0.159. The number of hydrogen-bond donors (Lipinski definition) is 1. The molecule has 13 heavy (non-hydrogen) atoms. The highest BCUT2D eigenvalue weighted by molar-refractivity contribution is 5.66. The molecule has 0 saturated carbocycles. The third kappa shape index (κ3) is 3.57. The van der Waals surface area contributed by atoms with Crippen LogP contribution < -0.4 is 11.1 Å². The van der Waals surface area contributed by atoms with E-state index in [0.717, 1.165) is 5.56 Å². The third-order valence-corrected chi connectivity index (χ3v) is 1.45. The molecule has 0 spiro atoms. The van der Waals surface area contributed by atoms with Gasteiger partial charge in [-0.15, -0.1) is 0 Å². The molecule has 1 radical (unpaired) electrons. The Balaban J connectivity index is 2.31. The minimum Gasteiger partial charge on any atom is -0.445 e. The van der Waals surface area contributed by atoms with Crippen molar-refractivity contribution in [3.05, 3.63) is 35.9 Å². The van der Waals surface area contributed by atoms with Crippen molar-refractivity contribution in [1.29, 1.82) is 0 Å². The second kappa shape index (κ2) is 5.16. The van der Waals surface area contributed by atoms with E-state index in [4.69, 9.17) is 10.5 Å². The second-order valence-corrected chi connectivity index (χ2v) is 2.42. The van der Waals surface area contributed by atoms with E-state index in [-0.39, 0.29) is 13.3 Å². The van der Waals surface area contributed by atoms with E-state index in [2.05, 4.69) is 5.32 Å². The first-order valence-corrected chi connectivity index (χ1v) is 3.92. The maximum absolute atomic E-state index is 10.8. The minimum atomic E-state index is -0.557. The summed E-state index contributed by atoms with van der Waals surface area (Å²) in [7, 11) is 0. The molecule has 0 aromatic heterocycles. The van der Waals surface area contributed by atoms with Crippen LogP contribution in [0.25, 0.3) is 0 Å². The molecule has 1 rings (SSSR count). The highest BCUT2D eigenvalue weighted by Crippen LogP contribution is 1.99. The van der Waals surface area contributed by atoms with Crippen LogP contribution >= 0.6 is 0 Å². The molecule has 1 aromatic rings. The van der Waals surface area contributed by atoms with Crippen molar-refractivity contribution in [2.24, 2.45) is 0 Å². The van der Waals surface area contributed by atoms with E-state index < -0.39 is 6.09 Å². The molecule has 69 valence electrons. The number of hydrogen-bond acceptors (Lipinski definition) is 2. The van der Waals surface area contributed by atoms with Gasteiger partial charge in [0.25, 0.3) is 0 Å². The van der Waals surface area contributed by atoms with Crippen molar-refractivity contribution in [2.75, 3.05) is 6.67 Å². The van der Waals surface area contributed by atoms with Crippen molar-refractivity contribution in [3.63, 3.8) is 0 Å². The largest absolute Gasteiger partial charge is 0.445 e. The molecule has 1 amide bonds. The van der Waals surface area contributed by atoms with E-state index in [1.54, 1.807) is 0 Å². The maximum atomic E-state index is 10.8. The fraction of sp³-hybridized carbons (Fsp3) is 0.222. The fourth-order valence-electron chi connectivity index (χ4n) is 0.846. The average molecular weight is 179 g/mol. The van der Waals surface area contributed by atoms with Crippen LogP contribution in [0.15, 0.2) is 30.3 Å². The van der Waals surface area contributed by atoms with Crippen molar-refractivity contribution in [3.8, 4) is 0 Å². The maximum Gasteiger partial charge on any atom is 0.408 e. The summed E-state index contributed by atoms with van der Waals surface area (Å²) in [5, 5.41) is 2.22. The van der Waals surface area contributed by atoms with Gasteiger partial charge >= 0.3 is 6.09 Å². The van der Waals surface area contributed by atoms with E-state index in [9.17, 15) is 4.79 Å². The van der Waals surface area contributed by atoms with Crippen LogP contribution in [0.5, 0.6) is 0 Å². The Hall–Kier alpha value is -1.55. The van der Waals surface area contributed by atoms with Gasteiger partial charge in [-0.25, -0.2) is 10.5 Å². The van der Waals surface area contributed by atoms with Crippen LogP contribution in [0.1, 0.15) is 5.56 Å². The SMILES string of the molecule is [NH]CNC(=O)OCc1ccccc1. The van der Waals surface area contributed by atoms with Gasteiger partial charge in [-0.3, -0.25) is 0 Å². The summed E-state index contributed by atoms with van der Waals surface area (Å²) in [4.78, 5) is 10.8. The molecule has 0 heterocycles. The summed E-state index contributed by atoms with van der Waals surface area (Å²) < 4.78 is 4.80. The molecule has 0 unspecified atom stereocenters. The normalized spacial score (nSPS) is 9.31. The number of alkyl carbamates (subject to hydrolysis) is 1. The lowest BCUT2D eigenvalue weighted by Gasteiger charge is -2.04. The third-order valence-electron chi connectivity index (χ3n) is 1.45. The Morgan fingerprint density at radius 2 is 2.08 bits per heavy atom. The van der Waals surface area contributed by atoms with Crippen molar-refractivity contribution < 1.29 is 9.53 Å². The number of rotatable bonds is 3. The van der Waals surface area contributed by atoms with Crippen LogP contribution in [0, 0.1) is 0 Å². The number of benzene rings is 1. The van der Waals surface area contributed by atoms with Crippen LogP contribution in [-0.2, 0) is 11.3 Å². The van der Waals surface area contributed by atoms with Gasteiger partial charge in [-0.1, -0.05) is 30.3 Å². The summed E-state index contributed by atoms with van der Waals surface area (Å²) >= 11 is 0. The Bertz CT molecular complexity index is 262. The summed E-state index contributed by atoms with van der Waals surface area (Å²) in [6, 6.07) is 9.39. The quantitative estimate of drug-likeness (QED) is 0.756. The Morgan fingerprint density at radius 3 is 2.69 bits per heavy atom. The molecule has 0 atom stereocenters. The Kier molecular flexibility index (Phi) is 3.78. The average Bonchev–Trinajstić information content (AvgIpc) is 2.17. The van der Waals surface area contributed by atoms with Gasteiger partial charge in [0.1, 0.15) is 6.61 Å². The lowest BCUT2D eigenvalue weighted by Crippen LogP contribution is -2.25. The highest BCUT2D eigenvalue weighted by Gasteiger charge is 1.99. The first kappa shape index (κ1) is 9.54. The summed E-state index contributed by atoms with van der Waals surface area (Å²) in [6.07, 6.45) is -0.557. The van der Waals surface area contributed by atoms with Crippen LogP contribution in [0.4, 0.5) is 4.79 Å². The highest BCUT2D eigenvalue weighted by atomic mass is 16.5. The predicted octanol–water partition coefficient (Wildman–Crippen LogP) is 1.15. The van der Waals surface area contributed by atoms with Crippen LogP contribution in [0.3, 0.4) is 0 Å². The van der Waals surface area contributed by atoms with Crippen LogP contribution in [-0.4, -0.2) is 12.8 Å². The molecule has 0 saturated heterocycles. The van der Waals surface area contributed by atoms with Gasteiger partial charge in [-0.05, 0) is 5.56 Å². The zero-order valence-corrected chi connectivity index (χ0v) is 7.12. The zero-order chi connectivity index (χ0) is 9.52. The first-order chi connectivity index (χ1) is 6.33. The van der Waals surface area contributed by atoms with Gasteiger partial charge in [0, 0.05) is 0 Å². The monoisotopic (exact) mass is 179 g/mol. The molecule has 0 aliphatic heterocycles. The number of carbonyl (C=O) groups excluding carboxylic acids is 1. The Morgan fingerprint density at radius 1 is 1.38 bits per heavy atom. The van der Waals surface area contributed by atoms with E-state index in [0.29, 0.717) is 0 Å². The summed E-state index contributed by atoms with van der Waals surface area (Å²) in [5.41, 5.74) is 7.64. The topological polar surface area (TPSA) is 62.1 Å². The molecule has 0 bridgehead atoms. The number of ether oxygens (including phenoxy) is 1. The summed E-state index contributed by atoms with van der Waals surface area (Å²) in [5.74, 6) is 0. The number of amides is 1. The molecule has 0 aliphatic rings. The Labute approximate surface area is 76.7 Å². The molecule has 4 nitrogen and oxygen atoms in total. The van der Waals surface area contributed by atoms with Crippen molar-refractivity contribution in [1.82, 2.24) is 11.1 Å². The van der Waals surface area contributed by atoms with Crippen molar-refractivity contribution >= 4 is 6.09 Å². The smallest absolute Gasteiger partial charge is 0.408 e. The lowest BCUT2D eigenvalue weighted by atomic mass is 10.2. The van der Waals surface area contributed by atoms with E-state index in [1.165, 1.54) is 0 Å². The number of carbonyl (C=O) groups is 1.